The second-order valence-corrected chi connectivity index (χ2v) is 3.49. The zero-order chi connectivity index (χ0) is 8.27. The van der Waals surface area contributed by atoms with Gasteiger partial charge >= 0.3 is 0 Å². The minimum absolute atomic E-state index is 1.16. The molecule has 66 valence electrons. The Labute approximate surface area is 69.5 Å². The lowest BCUT2D eigenvalue weighted by atomic mass is 10.4. The topological polar surface area (TPSA) is 9.72 Å². The third-order valence-electron chi connectivity index (χ3n) is 2.19. The van der Waals surface area contributed by atoms with E-state index < -0.39 is 0 Å². The maximum Gasteiger partial charge on any atom is 0.0260 e. The Morgan fingerprint density at radius 3 is 2.45 bits per heavy atom. The van der Waals surface area contributed by atoms with E-state index >= 15 is 0 Å². The molecule has 0 spiro atoms. The van der Waals surface area contributed by atoms with E-state index in [1.165, 1.54) is 26.1 Å². The summed E-state index contributed by atoms with van der Waals surface area (Å²) < 4.78 is 0. The van der Waals surface area contributed by atoms with E-state index in [-0.39, 0.29) is 0 Å². The first-order chi connectivity index (χ1) is 5.20. The van der Waals surface area contributed by atoms with Crippen molar-refractivity contribution in [3.63, 3.8) is 0 Å². The van der Waals surface area contributed by atoms with E-state index in [9.17, 15) is 0 Å². The van der Waals surface area contributed by atoms with Crippen molar-refractivity contribution in [3.05, 3.63) is 0 Å². The van der Waals surface area contributed by atoms with Gasteiger partial charge < -0.3 is 4.90 Å². The first-order valence-electron chi connectivity index (χ1n) is 4.31. The molecule has 1 rings (SSSR count). The predicted molar refractivity (Wildman–Crippen MR) is 47.4 cm³/mol. The van der Waals surface area contributed by atoms with Crippen molar-refractivity contribution in [2.75, 3.05) is 47.3 Å². The smallest absolute Gasteiger partial charge is 0.0260 e. The van der Waals surface area contributed by atoms with Crippen LogP contribution in [0.4, 0.5) is 0 Å². The molecule has 0 N–H and O–H groups in total. The summed E-state index contributed by atoms with van der Waals surface area (Å²) in [6, 6.07) is 0. The van der Waals surface area contributed by atoms with Crippen molar-refractivity contribution in [1.29, 1.82) is 0 Å². The van der Waals surface area contributed by atoms with Crippen molar-refractivity contribution >= 4 is 0 Å². The van der Waals surface area contributed by atoms with Gasteiger partial charge in [-0.05, 0) is 20.5 Å². The highest BCUT2D eigenvalue weighted by atomic mass is 15.6. The van der Waals surface area contributed by atoms with Crippen LogP contribution < -0.4 is 0 Å². The summed E-state index contributed by atoms with van der Waals surface area (Å²) in [7, 11) is 6.41. The van der Waals surface area contributed by atoms with E-state index in [0.29, 0.717) is 0 Å². The quantitative estimate of drug-likeness (QED) is 0.575. The molecule has 1 fully saturated rings. The molecule has 11 heavy (non-hydrogen) atoms. The lowest BCUT2D eigenvalue weighted by Gasteiger charge is -2.25. The van der Waals surface area contributed by atoms with Crippen LogP contribution in [0.25, 0.3) is 0 Å². The SMILES string of the molecule is CN(C)CCN1CCCN1C. The monoisotopic (exact) mass is 157 g/mol. The predicted octanol–water partition coefficient (Wildman–Crippen LogP) is 0.100. The highest BCUT2D eigenvalue weighted by Crippen LogP contribution is 2.05. The van der Waals surface area contributed by atoms with Crippen molar-refractivity contribution in [3.8, 4) is 0 Å². The van der Waals surface area contributed by atoms with Gasteiger partial charge in [-0.2, -0.15) is 0 Å². The first kappa shape index (κ1) is 8.97. The van der Waals surface area contributed by atoms with Gasteiger partial charge in [0.05, 0.1) is 0 Å². The molecular weight excluding hydrogens is 138 g/mol. The molecule has 0 amide bonds. The van der Waals surface area contributed by atoms with Crippen LogP contribution >= 0.6 is 0 Å². The third-order valence-corrected chi connectivity index (χ3v) is 2.19. The molecule has 0 aromatic rings. The fourth-order valence-corrected chi connectivity index (χ4v) is 1.39. The summed E-state index contributed by atoms with van der Waals surface area (Å²) in [5.41, 5.74) is 0. The van der Waals surface area contributed by atoms with Gasteiger partial charge in [0.1, 0.15) is 0 Å². The van der Waals surface area contributed by atoms with E-state index in [0.717, 1.165) is 6.54 Å². The molecule has 0 radical (unpaired) electrons. The Balaban J connectivity index is 2.15. The number of hydrazine groups is 1. The normalized spacial score (nSPS) is 21.8. The van der Waals surface area contributed by atoms with Gasteiger partial charge in [0.2, 0.25) is 0 Å². The van der Waals surface area contributed by atoms with Crippen LogP contribution in [0.2, 0.25) is 0 Å². The van der Waals surface area contributed by atoms with Gasteiger partial charge in [-0.1, -0.05) is 0 Å². The Morgan fingerprint density at radius 2 is 2.00 bits per heavy atom. The Hall–Kier alpha value is -0.120. The molecule has 1 aliphatic heterocycles. The van der Waals surface area contributed by atoms with Crippen molar-refractivity contribution < 1.29 is 0 Å². The summed E-state index contributed by atoms with van der Waals surface area (Å²) in [4.78, 5) is 2.23. The molecule has 1 aliphatic rings. The van der Waals surface area contributed by atoms with Gasteiger partial charge in [-0.25, -0.2) is 10.0 Å². The molecule has 0 unspecified atom stereocenters. The summed E-state index contributed by atoms with van der Waals surface area (Å²) in [6.45, 7) is 4.80. The summed E-state index contributed by atoms with van der Waals surface area (Å²) in [5, 5.41) is 4.74. The highest BCUT2D eigenvalue weighted by molar-refractivity contribution is 4.64. The van der Waals surface area contributed by atoms with Crippen LogP contribution in [0.15, 0.2) is 0 Å². The van der Waals surface area contributed by atoms with Crippen LogP contribution in [0.1, 0.15) is 6.42 Å². The van der Waals surface area contributed by atoms with E-state index in [2.05, 4.69) is 36.1 Å². The maximum atomic E-state index is 2.42. The summed E-state index contributed by atoms with van der Waals surface area (Å²) in [5.74, 6) is 0. The maximum absolute atomic E-state index is 2.42. The fourth-order valence-electron chi connectivity index (χ4n) is 1.39. The number of nitrogens with zero attached hydrogens (tertiary/aromatic N) is 3. The van der Waals surface area contributed by atoms with Crippen molar-refractivity contribution in [2.45, 2.75) is 6.42 Å². The zero-order valence-electron chi connectivity index (χ0n) is 7.88. The van der Waals surface area contributed by atoms with E-state index in [1.807, 2.05) is 0 Å². The minimum Gasteiger partial charge on any atom is -0.308 e. The summed E-state index contributed by atoms with van der Waals surface area (Å²) >= 11 is 0. The zero-order valence-corrected chi connectivity index (χ0v) is 7.88. The fraction of sp³-hybridized carbons (Fsp3) is 1.00. The minimum atomic E-state index is 1.16. The summed E-state index contributed by atoms with van der Waals surface area (Å²) in [6.07, 6.45) is 1.32. The van der Waals surface area contributed by atoms with E-state index in [4.69, 9.17) is 0 Å². The van der Waals surface area contributed by atoms with Gasteiger partial charge in [0, 0.05) is 33.2 Å². The second kappa shape index (κ2) is 4.04. The number of hydrogen-bond donors (Lipinski definition) is 0. The molecule has 0 saturated carbocycles. The average Bonchev–Trinajstić information content (AvgIpc) is 2.31. The van der Waals surface area contributed by atoms with Gasteiger partial charge in [-0.15, -0.1) is 0 Å². The largest absolute Gasteiger partial charge is 0.308 e. The van der Waals surface area contributed by atoms with Gasteiger partial charge in [-0.3, -0.25) is 0 Å². The molecule has 0 atom stereocenters. The van der Waals surface area contributed by atoms with Crippen molar-refractivity contribution in [2.24, 2.45) is 0 Å². The van der Waals surface area contributed by atoms with Crippen LogP contribution in [-0.2, 0) is 0 Å². The van der Waals surface area contributed by atoms with Crippen LogP contribution in [-0.4, -0.2) is 62.2 Å². The molecule has 3 nitrogen and oxygen atoms in total. The molecule has 0 aromatic carbocycles. The standard InChI is InChI=1S/C8H19N3/c1-9(2)7-8-11-6-4-5-10(11)3/h4-8H2,1-3H3. The lowest BCUT2D eigenvalue weighted by Crippen LogP contribution is -2.37. The molecule has 0 bridgehead atoms. The Kier molecular flexibility index (Phi) is 3.30. The number of likely N-dealkylation sites (N-methyl/N-ethyl adjacent to an activating group) is 1. The van der Waals surface area contributed by atoms with Gasteiger partial charge in [0.15, 0.2) is 0 Å². The average molecular weight is 157 g/mol. The van der Waals surface area contributed by atoms with Gasteiger partial charge in [0.25, 0.3) is 0 Å². The van der Waals surface area contributed by atoms with Crippen LogP contribution in [0, 0.1) is 0 Å². The molecule has 0 aliphatic carbocycles. The molecule has 1 heterocycles. The molecule has 0 aromatic heterocycles. The Bertz CT molecular complexity index is 114. The number of rotatable bonds is 3. The van der Waals surface area contributed by atoms with Crippen LogP contribution in [0.5, 0.6) is 0 Å². The highest BCUT2D eigenvalue weighted by Gasteiger charge is 2.16. The lowest BCUT2D eigenvalue weighted by molar-refractivity contribution is 0.0497. The molecule has 3 heteroatoms. The molecular formula is C8H19N3. The van der Waals surface area contributed by atoms with Crippen molar-refractivity contribution in [1.82, 2.24) is 14.9 Å². The first-order valence-corrected chi connectivity index (χ1v) is 4.31. The number of hydrogen-bond acceptors (Lipinski definition) is 3. The van der Waals surface area contributed by atoms with E-state index in [1.54, 1.807) is 0 Å². The molecule has 1 saturated heterocycles. The Morgan fingerprint density at radius 1 is 1.27 bits per heavy atom. The third kappa shape index (κ3) is 2.77. The van der Waals surface area contributed by atoms with Crippen LogP contribution in [0.3, 0.4) is 0 Å². The second-order valence-electron chi connectivity index (χ2n) is 3.49.